The zero-order chi connectivity index (χ0) is 7.98. The molecule has 0 rings (SSSR count). The van der Waals surface area contributed by atoms with Gasteiger partial charge in [0.25, 0.3) is 0 Å². The van der Waals surface area contributed by atoms with Crippen molar-refractivity contribution >= 4 is 0 Å². The van der Waals surface area contributed by atoms with Gasteiger partial charge in [-0.05, 0) is 25.2 Å². The molecule has 1 unspecified atom stereocenters. The molecular weight excluding hydrogens is 120 g/mol. The molecule has 0 amide bonds. The van der Waals surface area contributed by atoms with E-state index in [1.807, 2.05) is 0 Å². The van der Waals surface area contributed by atoms with Gasteiger partial charge in [-0.3, -0.25) is 0 Å². The van der Waals surface area contributed by atoms with Crippen LogP contribution in [0.4, 0.5) is 0 Å². The van der Waals surface area contributed by atoms with E-state index in [0.29, 0.717) is 5.92 Å². The summed E-state index contributed by atoms with van der Waals surface area (Å²) in [5.74, 6) is 4.12. The second-order valence-electron chi connectivity index (χ2n) is 3.24. The van der Waals surface area contributed by atoms with Gasteiger partial charge in [-0.25, -0.2) is 0 Å². The molecule has 1 atom stereocenters. The molecule has 0 aromatic rings. The lowest BCUT2D eigenvalue weighted by molar-refractivity contribution is 0.482. The summed E-state index contributed by atoms with van der Waals surface area (Å²) in [6, 6.07) is 0. The van der Waals surface area contributed by atoms with Gasteiger partial charge in [-0.2, -0.15) is 0 Å². The van der Waals surface area contributed by atoms with Gasteiger partial charge >= 0.3 is 0 Å². The van der Waals surface area contributed by atoms with E-state index in [1.165, 1.54) is 12.8 Å². The maximum atomic E-state index is 5.32. The van der Waals surface area contributed by atoms with Gasteiger partial charge in [0.15, 0.2) is 0 Å². The minimum Gasteiger partial charge on any atom is -0.120 e. The van der Waals surface area contributed by atoms with Crippen LogP contribution in [0.2, 0.25) is 0 Å². The van der Waals surface area contributed by atoms with Crippen LogP contribution in [-0.4, -0.2) is 0 Å². The molecule has 0 saturated heterocycles. The summed E-state index contributed by atoms with van der Waals surface area (Å²) in [6.07, 6.45) is 8.91. The summed E-state index contributed by atoms with van der Waals surface area (Å²) in [4.78, 5) is 0. The molecule has 0 spiro atoms. The van der Waals surface area contributed by atoms with Gasteiger partial charge in [-0.1, -0.05) is 20.8 Å². The smallest absolute Gasteiger partial charge is 0.0197 e. The Morgan fingerprint density at radius 3 is 2.20 bits per heavy atom. The number of terminal acetylenes is 1. The molecule has 0 radical (unpaired) electrons. The van der Waals surface area contributed by atoms with Crippen LogP contribution >= 0.6 is 0 Å². The molecule has 0 nitrogen and oxygen atoms in total. The van der Waals surface area contributed by atoms with Crippen molar-refractivity contribution in [1.82, 2.24) is 0 Å². The molecule has 0 fully saturated rings. The van der Waals surface area contributed by atoms with Crippen molar-refractivity contribution in [3.8, 4) is 12.3 Å². The molecule has 0 aliphatic heterocycles. The predicted molar refractivity (Wildman–Crippen MR) is 46.7 cm³/mol. The molecule has 0 heterocycles. The van der Waals surface area contributed by atoms with Crippen LogP contribution < -0.4 is 0 Å². The third-order valence-corrected chi connectivity index (χ3v) is 1.82. The highest BCUT2D eigenvalue weighted by Crippen LogP contribution is 2.13. The Kier molecular flexibility index (Phi) is 5.12. The topological polar surface area (TPSA) is 0 Å². The van der Waals surface area contributed by atoms with Crippen molar-refractivity contribution < 1.29 is 0 Å². The molecule has 0 saturated carbocycles. The van der Waals surface area contributed by atoms with E-state index in [1.54, 1.807) is 0 Å². The molecule has 0 aliphatic carbocycles. The van der Waals surface area contributed by atoms with E-state index < -0.39 is 0 Å². The number of hydrogen-bond acceptors (Lipinski definition) is 0. The van der Waals surface area contributed by atoms with Crippen LogP contribution in [0.25, 0.3) is 0 Å². The first-order valence-electron chi connectivity index (χ1n) is 4.16. The highest BCUT2D eigenvalue weighted by molar-refractivity contribution is 4.91. The van der Waals surface area contributed by atoms with E-state index in [2.05, 4.69) is 26.7 Å². The highest BCUT2D eigenvalue weighted by atomic mass is 14.1. The van der Waals surface area contributed by atoms with Crippen molar-refractivity contribution in [1.29, 1.82) is 0 Å². The molecule has 0 N–H and O–H groups in total. The normalized spacial score (nSPS) is 13.1. The van der Waals surface area contributed by atoms with Crippen molar-refractivity contribution in [3.63, 3.8) is 0 Å². The van der Waals surface area contributed by atoms with Crippen molar-refractivity contribution in [3.05, 3.63) is 0 Å². The first-order valence-corrected chi connectivity index (χ1v) is 4.16. The van der Waals surface area contributed by atoms with Crippen molar-refractivity contribution in [2.24, 2.45) is 11.8 Å². The minimum absolute atomic E-state index is 0.516. The second-order valence-corrected chi connectivity index (χ2v) is 3.24. The first kappa shape index (κ1) is 9.56. The Morgan fingerprint density at radius 2 is 1.90 bits per heavy atom. The van der Waals surface area contributed by atoms with Crippen LogP contribution in [0.15, 0.2) is 0 Å². The van der Waals surface area contributed by atoms with Crippen molar-refractivity contribution in [2.45, 2.75) is 40.0 Å². The quantitative estimate of drug-likeness (QED) is 0.524. The van der Waals surface area contributed by atoms with Gasteiger partial charge < -0.3 is 0 Å². The predicted octanol–water partition coefficient (Wildman–Crippen LogP) is 3.08. The average molecular weight is 138 g/mol. The molecule has 58 valence electrons. The van der Waals surface area contributed by atoms with Gasteiger partial charge in [-0.15, -0.1) is 12.3 Å². The van der Waals surface area contributed by atoms with Gasteiger partial charge in [0.1, 0.15) is 0 Å². The molecule has 0 heteroatoms. The Balaban J connectivity index is 3.38. The zero-order valence-corrected chi connectivity index (χ0v) is 7.35. The van der Waals surface area contributed by atoms with Gasteiger partial charge in [0, 0.05) is 5.92 Å². The standard InChI is InChI=1S/C10H18/c1-5-10(6-2)8-7-9(3)4/h1,9-10H,6-8H2,2-4H3. The fourth-order valence-corrected chi connectivity index (χ4v) is 0.940. The van der Waals surface area contributed by atoms with E-state index >= 15 is 0 Å². The summed E-state index contributed by atoms with van der Waals surface area (Å²) in [7, 11) is 0. The molecule has 0 aromatic carbocycles. The number of hydrogen-bond donors (Lipinski definition) is 0. The lowest BCUT2D eigenvalue weighted by Crippen LogP contribution is -1.97. The maximum Gasteiger partial charge on any atom is 0.0197 e. The SMILES string of the molecule is C#CC(CC)CCC(C)C. The Morgan fingerprint density at radius 1 is 1.30 bits per heavy atom. The fraction of sp³-hybridized carbons (Fsp3) is 0.800. The fourth-order valence-electron chi connectivity index (χ4n) is 0.940. The summed E-state index contributed by atoms with van der Waals surface area (Å²) in [5.41, 5.74) is 0. The van der Waals surface area contributed by atoms with Crippen LogP contribution in [0.5, 0.6) is 0 Å². The molecular formula is C10H18. The lowest BCUT2D eigenvalue weighted by atomic mass is 9.97. The summed E-state index contributed by atoms with van der Waals surface area (Å²) in [5, 5.41) is 0. The van der Waals surface area contributed by atoms with Crippen LogP contribution in [0.3, 0.4) is 0 Å². The van der Waals surface area contributed by atoms with Crippen LogP contribution in [0, 0.1) is 24.2 Å². The van der Waals surface area contributed by atoms with Crippen LogP contribution in [-0.2, 0) is 0 Å². The largest absolute Gasteiger partial charge is 0.120 e. The number of rotatable bonds is 4. The molecule has 0 bridgehead atoms. The monoisotopic (exact) mass is 138 g/mol. The third kappa shape index (κ3) is 4.44. The van der Waals surface area contributed by atoms with E-state index in [0.717, 1.165) is 12.3 Å². The van der Waals surface area contributed by atoms with Crippen molar-refractivity contribution in [2.75, 3.05) is 0 Å². The zero-order valence-electron chi connectivity index (χ0n) is 7.35. The Labute approximate surface area is 65.0 Å². The summed E-state index contributed by atoms with van der Waals surface area (Å²) < 4.78 is 0. The third-order valence-electron chi connectivity index (χ3n) is 1.82. The molecule has 0 aromatic heterocycles. The highest BCUT2D eigenvalue weighted by Gasteiger charge is 2.02. The van der Waals surface area contributed by atoms with Crippen LogP contribution in [0.1, 0.15) is 40.0 Å². The molecule has 10 heavy (non-hydrogen) atoms. The maximum absolute atomic E-state index is 5.32. The Hall–Kier alpha value is -0.440. The lowest BCUT2D eigenvalue weighted by Gasteiger charge is -2.08. The average Bonchev–Trinajstić information content (AvgIpc) is 1.90. The minimum atomic E-state index is 0.516. The Bertz CT molecular complexity index is 106. The second kappa shape index (κ2) is 5.35. The summed E-state index contributed by atoms with van der Waals surface area (Å²) in [6.45, 7) is 6.64. The van der Waals surface area contributed by atoms with Gasteiger partial charge in [0.2, 0.25) is 0 Å². The molecule has 0 aliphatic rings. The van der Waals surface area contributed by atoms with E-state index in [9.17, 15) is 0 Å². The van der Waals surface area contributed by atoms with Gasteiger partial charge in [0.05, 0.1) is 0 Å². The van der Waals surface area contributed by atoms with E-state index in [-0.39, 0.29) is 0 Å². The first-order chi connectivity index (χ1) is 4.70. The summed E-state index contributed by atoms with van der Waals surface area (Å²) >= 11 is 0. The van der Waals surface area contributed by atoms with E-state index in [4.69, 9.17) is 6.42 Å².